The van der Waals surface area contributed by atoms with Crippen molar-refractivity contribution in [2.24, 2.45) is 0 Å². The molecule has 0 spiro atoms. The second-order valence-electron chi connectivity index (χ2n) is 6.91. The lowest BCUT2D eigenvalue weighted by atomic mass is 10.1. The van der Waals surface area contributed by atoms with Crippen LogP contribution in [0.25, 0.3) is 0 Å². The maximum Gasteiger partial charge on any atom is 0.202 e. The number of benzene rings is 1. The van der Waals surface area contributed by atoms with E-state index in [-0.39, 0.29) is 17.9 Å². The number of Topliss-reactive ketones (excluding diaryl/α,β-unsaturated/α-hetero) is 1. The summed E-state index contributed by atoms with van der Waals surface area (Å²) in [4.78, 5) is 12.6. The van der Waals surface area contributed by atoms with E-state index in [1.165, 1.54) is 0 Å². The zero-order valence-electron chi connectivity index (χ0n) is 15.5. The highest BCUT2D eigenvalue weighted by molar-refractivity contribution is 5.98. The van der Waals surface area contributed by atoms with Crippen molar-refractivity contribution in [3.05, 3.63) is 47.3 Å². The van der Waals surface area contributed by atoms with Gasteiger partial charge in [0.1, 0.15) is 11.5 Å². The predicted molar refractivity (Wildman–Crippen MR) is 96.3 cm³/mol. The van der Waals surface area contributed by atoms with E-state index in [0.29, 0.717) is 12.4 Å². The third-order valence-electron chi connectivity index (χ3n) is 3.89. The Morgan fingerprint density at radius 1 is 1.08 bits per heavy atom. The van der Waals surface area contributed by atoms with Gasteiger partial charge in [-0.25, -0.2) is 0 Å². The summed E-state index contributed by atoms with van der Waals surface area (Å²) in [6.45, 7) is 13.0. The Bertz CT molecular complexity index is 723. The van der Waals surface area contributed by atoms with E-state index >= 15 is 0 Å². The van der Waals surface area contributed by atoms with Crippen LogP contribution in [0.2, 0.25) is 0 Å². The number of hydrogen-bond donors (Lipinski definition) is 0. The molecule has 1 aromatic heterocycles. The molecule has 0 amide bonds. The minimum Gasteiger partial charge on any atom is -0.494 e. The molecule has 4 heteroatoms. The third-order valence-corrected chi connectivity index (χ3v) is 3.89. The summed E-state index contributed by atoms with van der Waals surface area (Å²) in [5.74, 6) is 1.37. The lowest BCUT2D eigenvalue weighted by Crippen LogP contribution is -2.24. The van der Waals surface area contributed by atoms with Crippen LogP contribution in [-0.4, -0.2) is 23.6 Å². The van der Waals surface area contributed by atoms with Gasteiger partial charge in [-0.15, -0.1) is 0 Å². The summed E-state index contributed by atoms with van der Waals surface area (Å²) in [5.41, 5.74) is 2.74. The molecular weight excluding hydrogens is 302 g/mol. The molecule has 4 nitrogen and oxygen atoms in total. The highest BCUT2D eigenvalue weighted by atomic mass is 16.5. The van der Waals surface area contributed by atoms with Crippen LogP contribution in [0.3, 0.4) is 0 Å². The lowest BCUT2D eigenvalue weighted by Gasteiger charge is -2.25. The van der Waals surface area contributed by atoms with E-state index < -0.39 is 0 Å². The largest absolute Gasteiger partial charge is 0.494 e. The van der Waals surface area contributed by atoms with Gasteiger partial charge in [-0.3, -0.25) is 4.79 Å². The van der Waals surface area contributed by atoms with Crippen molar-refractivity contribution in [3.63, 3.8) is 0 Å². The molecule has 0 aliphatic carbocycles. The number of nitrogens with zero attached hydrogens (tertiary/aromatic N) is 1. The Labute approximate surface area is 144 Å². The van der Waals surface area contributed by atoms with E-state index in [4.69, 9.17) is 9.47 Å². The predicted octanol–water partition coefficient (Wildman–Crippen LogP) is 4.52. The summed E-state index contributed by atoms with van der Waals surface area (Å²) < 4.78 is 13.3. The van der Waals surface area contributed by atoms with Gasteiger partial charge in [0.05, 0.1) is 6.61 Å². The summed E-state index contributed by atoms with van der Waals surface area (Å²) in [5, 5.41) is 0. The first-order valence-corrected chi connectivity index (χ1v) is 8.32. The molecule has 1 heterocycles. The van der Waals surface area contributed by atoms with E-state index in [1.54, 1.807) is 6.07 Å². The number of aromatic nitrogens is 1. The first-order chi connectivity index (χ1) is 11.2. The number of carbonyl (C=O) groups excluding carboxylic acids is 1. The Balaban J connectivity index is 2.12. The quantitative estimate of drug-likeness (QED) is 0.732. The van der Waals surface area contributed by atoms with Gasteiger partial charge in [0, 0.05) is 28.6 Å². The molecule has 2 rings (SSSR count). The van der Waals surface area contributed by atoms with Gasteiger partial charge in [0.15, 0.2) is 6.61 Å². The van der Waals surface area contributed by atoms with Gasteiger partial charge < -0.3 is 14.0 Å². The molecule has 1 aromatic carbocycles. The van der Waals surface area contributed by atoms with Crippen molar-refractivity contribution in [2.75, 3.05) is 13.2 Å². The summed E-state index contributed by atoms with van der Waals surface area (Å²) >= 11 is 0. The van der Waals surface area contributed by atoms with Gasteiger partial charge in [0.2, 0.25) is 5.78 Å². The normalized spacial score (nSPS) is 11.4. The van der Waals surface area contributed by atoms with E-state index in [1.807, 2.05) is 45.0 Å². The summed E-state index contributed by atoms with van der Waals surface area (Å²) in [6, 6.07) is 9.30. The van der Waals surface area contributed by atoms with Gasteiger partial charge in [-0.1, -0.05) is 6.07 Å². The zero-order chi connectivity index (χ0) is 17.9. The first kappa shape index (κ1) is 18.1. The number of ketones is 1. The molecule has 130 valence electrons. The van der Waals surface area contributed by atoms with Crippen LogP contribution in [0.5, 0.6) is 11.5 Å². The van der Waals surface area contributed by atoms with E-state index in [0.717, 1.165) is 22.7 Å². The monoisotopic (exact) mass is 329 g/mol. The van der Waals surface area contributed by atoms with Crippen LogP contribution in [0.4, 0.5) is 0 Å². The van der Waals surface area contributed by atoms with Crippen LogP contribution in [0.15, 0.2) is 30.3 Å². The molecule has 24 heavy (non-hydrogen) atoms. The van der Waals surface area contributed by atoms with E-state index in [9.17, 15) is 4.79 Å². The van der Waals surface area contributed by atoms with Crippen LogP contribution >= 0.6 is 0 Å². The number of carbonyl (C=O) groups is 1. The summed E-state index contributed by atoms with van der Waals surface area (Å²) in [7, 11) is 0. The van der Waals surface area contributed by atoms with Gasteiger partial charge in [0.25, 0.3) is 0 Å². The highest BCUT2D eigenvalue weighted by Gasteiger charge is 2.22. The van der Waals surface area contributed by atoms with Crippen molar-refractivity contribution < 1.29 is 14.3 Å². The smallest absolute Gasteiger partial charge is 0.202 e. The average Bonchev–Trinajstić information content (AvgIpc) is 2.80. The van der Waals surface area contributed by atoms with Crippen LogP contribution in [0, 0.1) is 13.8 Å². The molecule has 0 fully saturated rings. The topological polar surface area (TPSA) is 40.5 Å². The van der Waals surface area contributed by atoms with Crippen molar-refractivity contribution in [2.45, 2.75) is 47.1 Å². The van der Waals surface area contributed by atoms with Gasteiger partial charge >= 0.3 is 0 Å². The Morgan fingerprint density at radius 3 is 2.25 bits per heavy atom. The van der Waals surface area contributed by atoms with Crippen LogP contribution in [-0.2, 0) is 5.54 Å². The van der Waals surface area contributed by atoms with Crippen LogP contribution < -0.4 is 9.47 Å². The molecule has 0 N–H and O–H groups in total. The van der Waals surface area contributed by atoms with Gasteiger partial charge in [-0.05, 0) is 59.7 Å². The fourth-order valence-corrected chi connectivity index (χ4v) is 3.12. The third kappa shape index (κ3) is 3.99. The Hall–Kier alpha value is -2.23. The summed E-state index contributed by atoms with van der Waals surface area (Å²) in [6.07, 6.45) is 0. The SMILES string of the molecule is CCOc1cccc(OCC(=O)c2cc(C)n(C(C)(C)C)c2C)c1. The minimum absolute atomic E-state index is 0.0135. The standard InChI is InChI=1S/C20H27NO3/c1-7-23-16-9-8-10-17(12-16)24-13-19(22)18-11-14(2)21(15(18)3)20(4,5)6/h8-12H,7,13H2,1-6H3. The van der Waals surface area contributed by atoms with Crippen molar-refractivity contribution in [1.29, 1.82) is 0 Å². The number of hydrogen-bond acceptors (Lipinski definition) is 3. The first-order valence-electron chi connectivity index (χ1n) is 8.32. The maximum atomic E-state index is 12.6. The van der Waals surface area contributed by atoms with Gasteiger partial charge in [-0.2, -0.15) is 0 Å². The maximum absolute atomic E-state index is 12.6. The molecule has 0 saturated carbocycles. The van der Waals surface area contributed by atoms with Crippen molar-refractivity contribution in [1.82, 2.24) is 4.57 Å². The highest BCUT2D eigenvalue weighted by Crippen LogP contribution is 2.25. The Kier molecular flexibility index (Phi) is 5.37. The number of rotatable bonds is 6. The molecule has 0 saturated heterocycles. The lowest BCUT2D eigenvalue weighted by molar-refractivity contribution is 0.0920. The zero-order valence-corrected chi connectivity index (χ0v) is 15.5. The number of ether oxygens (including phenoxy) is 2. The second-order valence-corrected chi connectivity index (χ2v) is 6.91. The molecule has 0 aliphatic heterocycles. The fourth-order valence-electron chi connectivity index (χ4n) is 3.12. The molecule has 0 atom stereocenters. The minimum atomic E-state index is -0.0562. The average molecular weight is 329 g/mol. The van der Waals surface area contributed by atoms with Crippen LogP contribution in [0.1, 0.15) is 49.4 Å². The molecule has 2 aromatic rings. The Morgan fingerprint density at radius 2 is 1.71 bits per heavy atom. The molecule has 0 unspecified atom stereocenters. The molecule has 0 bridgehead atoms. The van der Waals surface area contributed by atoms with E-state index in [2.05, 4.69) is 25.3 Å². The molecule has 0 aliphatic rings. The fraction of sp³-hybridized carbons (Fsp3) is 0.450. The van der Waals surface area contributed by atoms with Crippen molar-refractivity contribution >= 4 is 5.78 Å². The second kappa shape index (κ2) is 7.12. The number of aryl methyl sites for hydroxylation is 1. The van der Waals surface area contributed by atoms with Crippen molar-refractivity contribution in [3.8, 4) is 11.5 Å². The molecule has 0 radical (unpaired) electrons. The molecular formula is C20H27NO3.